The van der Waals surface area contributed by atoms with E-state index in [9.17, 15) is 14.4 Å². The molecule has 2 amide bonds. The van der Waals surface area contributed by atoms with E-state index in [-0.39, 0.29) is 25.5 Å². The Morgan fingerprint density at radius 3 is 2.55 bits per heavy atom. The maximum atomic E-state index is 12.7. The van der Waals surface area contributed by atoms with Crippen molar-refractivity contribution in [2.45, 2.75) is 32.7 Å². The maximum Gasteiger partial charge on any atom is 0.319 e. The molecule has 116 valence electrons. The molecule has 1 spiro atoms. The van der Waals surface area contributed by atoms with Crippen molar-refractivity contribution in [2.24, 2.45) is 11.3 Å². The van der Waals surface area contributed by atoms with Gasteiger partial charge in [-0.15, -0.1) is 0 Å². The first-order chi connectivity index (χ1) is 10.6. The second-order valence-electron chi connectivity index (χ2n) is 6.03. The normalized spacial score (nSPS) is 22.8. The number of rotatable bonds is 4. The summed E-state index contributed by atoms with van der Waals surface area (Å²) in [4.78, 5) is 38.5. The van der Waals surface area contributed by atoms with Gasteiger partial charge in [0.15, 0.2) is 0 Å². The van der Waals surface area contributed by atoms with Gasteiger partial charge in [0, 0.05) is 11.8 Å². The number of likely N-dealkylation sites (tertiary alicyclic amines) is 1. The van der Waals surface area contributed by atoms with Crippen LogP contribution in [0, 0.1) is 11.3 Å². The first kappa shape index (κ1) is 14.8. The highest BCUT2D eigenvalue weighted by Gasteiger charge is 2.62. The summed E-state index contributed by atoms with van der Waals surface area (Å²) in [6, 6.07) is 9.33. The number of hydrogen-bond acceptors (Lipinski definition) is 4. The molecule has 0 radical (unpaired) electrons. The van der Waals surface area contributed by atoms with Gasteiger partial charge in [-0.1, -0.05) is 30.3 Å². The monoisotopic (exact) mass is 301 g/mol. The van der Waals surface area contributed by atoms with Crippen molar-refractivity contribution in [1.82, 2.24) is 4.90 Å². The lowest BCUT2D eigenvalue weighted by atomic mass is 9.81. The molecule has 1 atom stereocenters. The van der Waals surface area contributed by atoms with E-state index in [4.69, 9.17) is 4.74 Å². The summed E-state index contributed by atoms with van der Waals surface area (Å²) in [7, 11) is 0. The molecule has 1 heterocycles. The van der Waals surface area contributed by atoms with Crippen LogP contribution >= 0.6 is 0 Å². The smallest absolute Gasteiger partial charge is 0.319 e. The van der Waals surface area contributed by atoms with Gasteiger partial charge in [-0.3, -0.25) is 19.3 Å². The Morgan fingerprint density at radius 1 is 1.27 bits per heavy atom. The molecular formula is C17H19NO4. The van der Waals surface area contributed by atoms with Crippen LogP contribution < -0.4 is 0 Å². The van der Waals surface area contributed by atoms with Gasteiger partial charge in [0.05, 0.1) is 13.2 Å². The third-order valence-corrected chi connectivity index (χ3v) is 4.53. The molecule has 3 rings (SSSR count). The predicted octanol–water partition coefficient (Wildman–Crippen LogP) is 1.91. The second kappa shape index (κ2) is 5.55. The topological polar surface area (TPSA) is 63.7 Å². The minimum Gasteiger partial charge on any atom is -0.465 e. The van der Waals surface area contributed by atoms with E-state index in [0.717, 1.165) is 18.4 Å². The lowest BCUT2D eigenvalue weighted by molar-refractivity contribution is -0.167. The van der Waals surface area contributed by atoms with Gasteiger partial charge in [0.2, 0.25) is 11.8 Å². The van der Waals surface area contributed by atoms with Crippen molar-refractivity contribution >= 4 is 17.8 Å². The SMILES string of the molecule is CCOC(=O)C1C(=O)N(Cc2ccccc2)C(=O)CC12CC2. The number of carbonyl (C=O) groups is 3. The highest BCUT2D eigenvalue weighted by atomic mass is 16.5. The van der Waals surface area contributed by atoms with Gasteiger partial charge in [-0.2, -0.15) is 0 Å². The number of esters is 1. The quantitative estimate of drug-likeness (QED) is 0.484. The highest BCUT2D eigenvalue weighted by molar-refractivity contribution is 6.09. The van der Waals surface area contributed by atoms with Crippen LogP contribution in [0.2, 0.25) is 0 Å². The molecule has 1 aromatic rings. The van der Waals surface area contributed by atoms with Crippen LogP contribution in [0.15, 0.2) is 30.3 Å². The van der Waals surface area contributed by atoms with Crippen molar-refractivity contribution in [3.05, 3.63) is 35.9 Å². The molecule has 22 heavy (non-hydrogen) atoms. The highest BCUT2D eigenvalue weighted by Crippen LogP contribution is 2.58. The molecule has 1 saturated carbocycles. The fourth-order valence-corrected chi connectivity index (χ4v) is 3.17. The lowest BCUT2D eigenvalue weighted by Crippen LogP contribution is -2.52. The van der Waals surface area contributed by atoms with Crippen molar-refractivity contribution in [3.63, 3.8) is 0 Å². The van der Waals surface area contributed by atoms with E-state index in [1.54, 1.807) is 6.92 Å². The number of nitrogens with zero attached hydrogens (tertiary/aromatic N) is 1. The fraction of sp³-hybridized carbons (Fsp3) is 0.471. The van der Waals surface area contributed by atoms with Gasteiger partial charge < -0.3 is 4.74 Å². The Morgan fingerprint density at radius 2 is 1.95 bits per heavy atom. The molecule has 1 aliphatic carbocycles. The van der Waals surface area contributed by atoms with Crippen LogP contribution in [0.25, 0.3) is 0 Å². The molecular weight excluding hydrogens is 282 g/mol. The largest absolute Gasteiger partial charge is 0.465 e. The van der Waals surface area contributed by atoms with Gasteiger partial charge in [-0.25, -0.2) is 0 Å². The number of piperidine rings is 1. The number of benzene rings is 1. The number of ether oxygens (including phenoxy) is 1. The van der Waals surface area contributed by atoms with Crippen LogP contribution in [0.4, 0.5) is 0 Å². The summed E-state index contributed by atoms with van der Waals surface area (Å²) >= 11 is 0. The average molecular weight is 301 g/mol. The molecule has 2 fully saturated rings. The number of amides is 2. The molecule has 1 saturated heterocycles. The fourth-order valence-electron chi connectivity index (χ4n) is 3.17. The van der Waals surface area contributed by atoms with Crippen LogP contribution in [0.1, 0.15) is 31.7 Å². The molecule has 1 unspecified atom stereocenters. The van der Waals surface area contributed by atoms with E-state index >= 15 is 0 Å². The summed E-state index contributed by atoms with van der Waals surface area (Å²) in [5.74, 6) is -1.91. The summed E-state index contributed by atoms with van der Waals surface area (Å²) in [6.07, 6.45) is 1.75. The maximum absolute atomic E-state index is 12.7. The van der Waals surface area contributed by atoms with Crippen LogP contribution in [-0.2, 0) is 25.7 Å². The average Bonchev–Trinajstić information content (AvgIpc) is 3.24. The zero-order chi connectivity index (χ0) is 15.7. The van der Waals surface area contributed by atoms with Crippen LogP contribution in [-0.4, -0.2) is 29.3 Å². The number of carbonyl (C=O) groups excluding carboxylic acids is 3. The Kier molecular flexibility index (Phi) is 3.72. The van der Waals surface area contributed by atoms with Crippen molar-refractivity contribution in [1.29, 1.82) is 0 Å². The molecule has 5 heteroatoms. The summed E-state index contributed by atoms with van der Waals surface area (Å²) < 4.78 is 5.06. The molecule has 1 aromatic carbocycles. The predicted molar refractivity (Wildman–Crippen MR) is 78.4 cm³/mol. The van der Waals surface area contributed by atoms with Gasteiger partial charge in [0.25, 0.3) is 0 Å². The summed E-state index contributed by atoms with van der Waals surface area (Å²) in [6.45, 7) is 2.17. The second-order valence-corrected chi connectivity index (χ2v) is 6.03. The Hall–Kier alpha value is -2.17. The van der Waals surface area contributed by atoms with Gasteiger partial charge >= 0.3 is 5.97 Å². The minimum absolute atomic E-state index is 0.188. The lowest BCUT2D eigenvalue weighted by Gasteiger charge is -2.35. The molecule has 0 bridgehead atoms. The van der Waals surface area contributed by atoms with Gasteiger partial charge in [-0.05, 0) is 25.3 Å². The molecule has 2 aliphatic rings. The standard InChI is InChI=1S/C17H19NO4/c1-2-22-16(21)14-15(20)18(11-12-6-4-3-5-7-12)13(19)10-17(14)8-9-17/h3-7,14H,2,8-11H2,1H3. The zero-order valence-corrected chi connectivity index (χ0v) is 12.6. The first-order valence-corrected chi connectivity index (χ1v) is 7.62. The minimum atomic E-state index is -0.825. The third kappa shape index (κ3) is 2.51. The number of hydrogen-bond donors (Lipinski definition) is 0. The van der Waals surface area contributed by atoms with E-state index in [0.29, 0.717) is 0 Å². The third-order valence-electron chi connectivity index (χ3n) is 4.53. The Bertz CT molecular complexity index is 606. The molecule has 5 nitrogen and oxygen atoms in total. The Labute approximate surface area is 129 Å². The van der Waals surface area contributed by atoms with Crippen molar-refractivity contribution in [3.8, 4) is 0 Å². The molecule has 0 N–H and O–H groups in total. The molecule has 0 aromatic heterocycles. The zero-order valence-electron chi connectivity index (χ0n) is 12.6. The molecule has 1 aliphatic heterocycles. The number of imide groups is 1. The van der Waals surface area contributed by atoms with E-state index < -0.39 is 23.2 Å². The van der Waals surface area contributed by atoms with Crippen molar-refractivity contribution < 1.29 is 19.1 Å². The van der Waals surface area contributed by atoms with Crippen LogP contribution in [0.5, 0.6) is 0 Å². The van der Waals surface area contributed by atoms with Crippen LogP contribution in [0.3, 0.4) is 0 Å². The van der Waals surface area contributed by atoms with E-state index in [2.05, 4.69) is 0 Å². The van der Waals surface area contributed by atoms with Crippen molar-refractivity contribution in [2.75, 3.05) is 6.61 Å². The van der Waals surface area contributed by atoms with Gasteiger partial charge in [0.1, 0.15) is 5.92 Å². The summed E-state index contributed by atoms with van der Waals surface area (Å²) in [5.41, 5.74) is 0.395. The Balaban J connectivity index is 1.84. The van der Waals surface area contributed by atoms with E-state index in [1.807, 2.05) is 30.3 Å². The first-order valence-electron chi connectivity index (χ1n) is 7.62. The van der Waals surface area contributed by atoms with E-state index in [1.165, 1.54) is 4.90 Å². The summed E-state index contributed by atoms with van der Waals surface area (Å²) in [5, 5.41) is 0.